The standard InChI is InChI=1S/C21H23N3O2S/c1-2-6-19-18(5-1)24-21(27-19)23-15-12-16(13-15)26-20-17(4-3-9-22-20)14-7-10-25-11-8-14/h1-6,9,14-16H,7-8,10-13H2,(H,23,24)/t15-,16+. The maximum atomic E-state index is 6.25. The van der Waals surface area contributed by atoms with E-state index >= 15 is 0 Å². The number of ether oxygens (including phenoxy) is 2. The molecule has 1 aromatic carbocycles. The first-order valence-electron chi connectivity index (χ1n) is 9.66. The van der Waals surface area contributed by atoms with E-state index in [1.54, 1.807) is 11.3 Å². The number of benzene rings is 1. The summed E-state index contributed by atoms with van der Waals surface area (Å²) < 4.78 is 13.0. The molecule has 27 heavy (non-hydrogen) atoms. The first-order valence-corrected chi connectivity index (χ1v) is 10.5. The van der Waals surface area contributed by atoms with Gasteiger partial charge in [-0.25, -0.2) is 9.97 Å². The third-order valence-electron chi connectivity index (χ3n) is 5.46. The molecule has 0 bridgehead atoms. The van der Waals surface area contributed by atoms with Gasteiger partial charge in [-0.3, -0.25) is 0 Å². The molecule has 1 N–H and O–H groups in total. The summed E-state index contributed by atoms with van der Waals surface area (Å²) in [5.74, 6) is 1.31. The number of rotatable bonds is 5. The van der Waals surface area contributed by atoms with E-state index in [4.69, 9.17) is 9.47 Å². The summed E-state index contributed by atoms with van der Waals surface area (Å²) in [5, 5.41) is 4.55. The van der Waals surface area contributed by atoms with Crippen molar-refractivity contribution in [1.82, 2.24) is 9.97 Å². The number of aromatic nitrogens is 2. The predicted octanol–water partition coefficient (Wildman–Crippen LogP) is 4.61. The molecule has 6 heteroatoms. The molecule has 1 saturated carbocycles. The SMILES string of the molecule is c1cnc(O[C@H]2C[C@@H](Nc3nc4ccccc4s3)C2)c(C2CCOCC2)c1. The summed E-state index contributed by atoms with van der Waals surface area (Å²) in [4.78, 5) is 9.18. The fourth-order valence-corrected chi connectivity index (χ4v) is 4.81. The maximum absolute atomic E-state index is 6.25. The fraction of sp³-hybridized carbons (Fsp3) is 0.429. The Bertz CT molecular complexity index is 883. The molecule has 3 aromatic rings. The maximum Gasteiger partial charge on any atom is 0.217 e. The Morgan fingerprint density at radius 1 is 1.07 bits per heavy atom. The van der Waals surface area contributed by atoms with Crippen LogP contribution in [-0.4, -0.2) is 35.3 Å². The first kappa shape index (κ1) is 17.0. The van der Waals surface area contributed by atoms with E-state index in [9.17, 15) is 0 Å². The Kier molecular flexibility index (Phi) is 4.67. The lowest BCUT2D eigenvalue weighted by Gasteiger charge is -2.36. The van der Waals surface area contributed by atoms with Crippen LogP contribution in [0.2, 0.25) is 0 Å². The van der Waals surface area contributed by atoms with Gasteiger partial charge in [0.05, 0.1) is 10.2 Å². The van der Waals surface area contributed by atoms with Crippen LogP contribution in [0.3, 0.4) is 0 Å². The monoisotopic (exact) mass is 381 g/mol. The molecule has 0 amide bonds. The van der Waals surface area contributed by atoms with Gasteiger partial charge in [-0.15, -0.1) is 0 Å². The lowest BCUT2D eigenvalue weighted by atomic mass is 9.89. The van der Waals surface area contributed by atoms with Gasteiger partial charge >= 0.3 is 0 Å². The Labute approximate surface area is 162 Å². The van der Waals surface area contributed by atoms with Crippen LogP contribution in [-0.2, 0) is 4.74 Å². The molecule has 0 radical (unpaired) electrons. The smallest absolute Gasteiger partial charge is 0.217 e. The zero-order valence-corrected chi connectivity index (χ0v) is 16.0. The fourth-order valence-electron chi connectivity index (χ4n) is 3.87. The first-order chi connectivity index (χ1) is 13.3. The molecule has 1 aliphatic heterocycles. The van der Waals surface area contributed by atoms with Crippen molar-refractivity contribution in [3.63, 3.8) is 0 Å². The van der Waals surface area contributed by atoms with Gasteiger partial charge in [0.15, 0.2) is 5.13 Å². The van der Waals surface area contributed by atoms with Gasteiger partial charge < -0.3 is 14.8 Å². The molecular weight excluding hydrogens is 358 g/mol. The highest BCUT2D eigenvalue weighted by Gasteiger charge is 2.33. The highest BCUT2D eigenvalue weighted by Crippen LogP contribution is 2.36. The quantitative estimate of drug-likeness (QED) is 0.700. The van der Waals surface area contributed by atoms with E-state index in [1.807, 2.05) is 18.3 Å². The van der Waals surface area contributed by atoms with E-state index in [-0.39, 0.29) is 6.10 Å². The highest BCUT2D eigenvalue weighted by atomic mass is 32.1. The summed E-state index contributed by atoms with van der Waals surface area (Å²) in [6.45, 7) is 1.66. The van der Waals surface area contributed by atoms with Crippen molar-refractivity contribution in [3.8, 4) is 5.88 Å². The summed E-state index contributed by atoms with van der Waals surface area (Å²) >= 11 is 1.71. The molecule has 0 spiro atoms. The number of pyridine rings is 1. The van der Waals surface area contributed by atoms with Crippen LogP contribution >= 0.6 is 11.3 Å². The number of nitrogens with zero attached hydrogens (tertiary/aromatic N) is 2. The molecule has 2 aliphatic rings. The number of thiazole rings is 1. The Balaban J connectivity index is 1.19. The summed E-state index contributed by atoms with van der Waals surface area (Å²) in [7, 11) is 0. The third-order valence-corrected chi connectivity index (χ3v) is 6.42. The van der Waals surface area contributed by atoms with E-state index in [0.717, 1.165) is 55.4 Å². The normalized spacial score (nSPS) is 23.1. The van der Waals surface area contributed by atoms with E-state index < -0.39 is 0 Å². The van der Waals surface area contributed by atoms with Crippen molar-refractivity contribution in [3.05, 3.63) is 48.2 Å². The van der Waals surface area contributed by atoms with Crippen LogP contribution in [0.15, 0.2) is 42.6 Å². The molecule has 5 rings (SSSR count). The van der Waals surface area contributed by atoms with Crippen molar-refractivity contribution in [2.75, 3.05) is 18.5 Å². The lowest BCUT2D eigenvalue weighted by Crippen LogP contribution is -2.42. The largest absolute Gasteiger partial charge is 0.474 e. The molecule has 1 saturated heterocycles. The minimum atomic E-state index is 0.227. The van der Waals surface area contributed by atoms with Crippen molar-refractivity contribution in [2.45, 2.75) is 43.7 Å². The second-order valence-corrected chi connectivity index (χ2v) is 8.35. The molecule has 5 nitrogen and oxygen atoms in total. The Morgan fingerprint density at radius 3 is 2.78 bits per heavy atom. The topological polar surface area (TPSA) is 56.3 Å². The van der Waals surface area contributed by atoms with Gasteiger partial charge in [0, 0.05) is 43.9 Å². The average molecular weight is 382 g/mol. The van der Waals surface area contributed by atoms with Crippen molar-refractivity contribution in [2.24, 2.45) is 0 Å². The van der Waals surface area contributed by atoms with Gasteiger partial charge in [-0.2, -0.15) is 0 Å². The van der Waals surface area contributed by atoms with Gasteiger partial charge in [0.25, 0.3) is 0 Å². The van der Waals surface area contributed by atoms with Gasteiger partial charge in [-0.1, -0.05) is 29.5 Å². The number of nitrogens with one attached hydrogen (secondary N) is 1. The van der Waals surface area contributed by atoms with E-state index in [1.165, 1.54) is 10.3 Å². The van der Waals surface area contributed by atoms with Crippen LogP contribution in [0.4, 0.5) is 5.13 Å². The molecule has 1 aliphatic carbocycles. The van der Waals surface area contributed by atoms with E-state index in [2.05, 4.69) is 39.6 Å². The zero-order valence-electron chi connectivity index (χ0n) is 15.1. The average Bonchev–Trinajstić information content (AvgIpc) is 3.10. The minimum absolute atomic E-state index is 0.227. The highest BCUT2D eigenvalue weighted by molar-refractivity contribution is 7.22. The molecule has 0 atom stereocenters. The van der Waals surface area contributed by atoms with Crippen LogP contribution in [0.1, 0.15) is 37.2 Å². The summed E-state index contributed by atoms with van der Waals surface area (Å²) in [6, 6.07) is 12.9. The number of para-hydroxylation sites is 1. The Morgan fingerprint density at radius 2 is 1.93 bits per heavy atom. The van der Waals surface area contributed by atoms with Crippen molar-refractivity contribution < 1.29 is 9.47 Å². The van der Waals surface area contributed by atoms with Crippen LogP contribution in [0.25, 0.3) is 10.2 Å². The number of anilines is 1. The van der Waals surface area contributed by atoms with Crippen molar-refractivity contribution in [1.29, 1.82) is 0 Å². The molecular formula is C21H23N3O2S. The minimum Gasteiger partial charge on any atom is -0.474 e. The third kappa shape index (κ3) is 3.64. The number of hydrogen-bond donors (Lipinski definition) is 1. The van der Waals surface area contributed by atoms with Crippen molar-refractivity contribution >= 4 is 26.7 Å². The lowest BCUT2D eigenvalue weighted by molar-refractivity contribution is 0.0794. The van der Waals surface area contributed by atoms with Gasteiger partial charge in [0.2, 0.25) is 5.88 Å². The number of hydrogen-bond acceptors (Lipinski definition) is 6. The summed E-state index contributed by atoms with van der Waals surface area (Å²) in [5.41, 5.74) is 2.30. The Hall–Kier alpha value is -2.18. The van der Waals surface area contributed by atoms with E-state index in [0.29, 0.717) is 12.0 Å². The molecule has 3 heterocycles. The summed E-state index contributed by atoms with van der Waals surface area (Å²) in [6.07, 6.45) is 6.13. The van der Waals surface area contributed by atoms with Crippen LogP contribution in [0, 0.1) is 0 Å². The predicted molar refractivity (Wildman–Crippen MR) is 108 cm³/mol. The second-order valence-electron chi connectivity index (χ2n) is 7.32. The zero-order chi connectivity index (χ0) is 18.1. The molecule has 2 fully saturated rings. The van der Waals surface area contributed by atoms with Crippen LogP contribution in [0.5, 0.6) is 5.88 Å². The second kappa shape index (κ2) is 7.44. The molecule has 140 valence electrons. The molecule has 0 unspecified atom stereocenters. The molecule has 2 aromatic heterocycles. The number of fused-ring (bicyclic) bond motifs is 1. The van der Waals surface area contributed by atoms with Gasteiger partial charge in [-0.05, 0) is 37.0 Å². The van der Waals surface area contributed by atoms with Gasteiger partial charge in [0.1, 0.15) is 6.10 Å². The van der Waals surface area contributed by atoms with Crippen LogP contribution < -0.4 is 10.1 Å².